The van der Waals surface area contributed by atoms with E-state index in [1.165, 1.54) is 0 Å². The number of nitrogen functional groups attached to an aromatic ring is 1. The fourth-order valence-electron chi connectivity index (χ4n) is 2.41. The van der Waals surface area contributed by atoms with Crippen molar-refractivity contribution in [3.05, 3.63) is 59.7 Å². The maximum absolute atomic E-state index is 12.4. The van der Waals surface area contributed by atoms with E-state index in [4.69, 9.17) is 5.73 Å². The second-order valence-electron chi connectivity index (χ2n) is 4.42. The van der Waals surface area contributed by atoms with Crippen molar-refractivity contribution < 1.29 is 4.79 Å². The van der Waals surface area contributed by atoms with E-state index in [2.05, 4.69) is 0 Å². The van der Waals surface area contributed by atoms with Crippen LogP contribution in [0.15, 0.2) is 48.5 Å². The average Bonchev–Trinajstić information content (AvgIpc) is 2.84. The molecule has 90 valence electrons. The number of carbonyl (C=O) groups is 1. The molecule has 2 N–H and O–H groups in total. The largest absolute Gasteiger partial charge is 0.398 e. The molecule has 18 heavy (non-hydrogen) atoms. The van der Waals surface area contributed by atoms with Gasteiger partial charge in [0, 0.05) is 29.0 Å². The molecule has 3 heteroatoms. The van der Waals surface area contributed by atoms with Crippen molar-refractivity contribution in [2.24, 2.45) is 0 Å². The lowest BCUT2D eigenvalue weighted by Gasteiger charge is -2.17. The maximum Gasteiger partial charge on any atom is 0.258 e. The SMILES string of the molecule is Nc1cccc2c1CCN2C(=O)c1ccccc1. The Morgan fingerprint density at radius 1 is 1.06 bits per heavy atom. The van der Waals surface area contributed by atoms with Gasteiger partial charge in [0.2, 0.25) is 0 Å². The van der Waals surface area contributed by atoms with Crippen LogP contribution in [0.5, 0.6) is 0 Å². The number of nitrogens with two attached hydrogens (primary N) is 1. The first-order chi connectivity index (χ1) is 8.77. The molecular formula is C15H14N2O. The summed E-state index contributed by atoms with van der Waals surface area (Å²) in [6.07, 6.45) is 0.834. The van der Waals surface area contributed by atoms with Gasteiger partial charge in [0.05, 0.1) is 0 Å². The molecule has 0 aromatic heterocycles. The Labute approximate surface area is 106 Å². The van der Waals surface area contributed by atoms with Crippen molar-refractivity contribution in [3.8, 4) is 0 Å². The molecule has 3 rings (SSSR count). The van der Waals surface area contributed by atoms with E-state index < -0.39 is 0 Å². The zero-order chi connectivity index (χ0) is 12.5. The Kier molecular flexibility index (Phi) is 2.52. The van der Waals surface area contributed by atoms with Gasteiger partial charge in [-0.2, -0.15) is 0 Å². The Morgan fingerprint density at radius 2 is 1.83 bits per heavy atom. The summed E-state index contributed by atoms with van der Waals surface area (Å²) in [7, 11) is 0. The molecule has 1 aliphatic heterocycles. The van der Waals surface area contributed by atoms with E-state index in [1.807, 2.05) is 48.5 Å². The van der Waals surface area contributed by atoms with Crippen LogP contribution >= 0.6 is 0 Å². The van der Waals surface area contributed by atoms with Crippen LogP contribution in [0.2, 0.25) is 0 Å². The van der Waals surface area contributed by atoms with Crippen LogP contribution < -0.4 is 10.6 Å². The number of rotatable bonds is 1. The lowest BCUT2D eigenvalue weighted by molar-refractivity contribution is 0.0989. The molecule has 1 heterocycles. The number of anilines is 2. The van der Waals surface area contributed by atoms with Gasteiger partial charge in [0.15, 0.2) is 0 Å². The summed E-state index contributed by atoms with van der Waals surface area (Å²) >= 11 is 0. The first-order valence-electron chi connectivity index (χ1n) is 6.01. The minimum atomic E-state index is 0.0416. The van der Waals surface area contributed by atoms with Crippen molar-refractivity contribution in [3.63, 3.8) is 0 Å². The van der Waals surface area contributed by atoms with Crippen LogP contribution in [0.4, 0.5) is 11.4 Å². The van der Waals surface area contributed by atoms with Crippen LogP contribution in [0, 0.1) is 0 Å². The summed E-state index contributed by atoms with van der Waals surface area (Å²) in [4.78, 5) is 14.2. The summed E-state index contributed by atoms with van der Waals surface area (Å²) in [6, 6.07) is 15.1. The number of nitrogens with zero attached hydrogens (tertiary/aromatic N) is 1. The summed E-state index contributed by atoms with van der Waals surface area (Å²) < 4.78 is 0. The highest BCUT2D eigenvalue weighted by Crippen LogP contribution is 2.32. The number of carbonyl (C=O) groups excluding carboxylic acids is 1. The van der Waals surface area contributed by atoms with Crippen molar-refractivity contribution in [2.75, 3.05) is 17.2 Å². The van der Waals surface area contributed by atoms with Gasteiger partial charge in [-0.05, 0) is 30.7 Å². The summed E-state index contributed by atoms with van der Waals surface area (Å²) in [5, 5.41) is 0. The molecule has 0 aliphatic carbocycles. The smallest absolute Gasteiger partial charge is 0.258 e. The minimum Gasteiger partial charge on any atom is -0.398 e. The molecule has 0 atom stereocenters. The molecule has 0 saturated heterocycles. The monoisotopic (exact) mass is 238 g/mol. The highest BCUT2D eigenvalue weighted by molar-refractivity contribution is 6.07. The van der Waals surface area contributed by atoms with Crippen molar-refractivity contribution >= 4 is 17.3 Å². The number of amides is 1. The number of fused-ring (bicyclic) bond motifs is 1. The third kappa shape index (κ3) is 1.64. The predicted molar refractivity (Wildman–Crippen MR) is 72.7 cm³/mol. The van der Waals surface area contributed by atoms with E-state index in [1.54, 1.807) is 4.90 Å². The first kappa shape index (κ1) is 10.8. The van der Waals surface area contributed by atoms with Gasteiger partial charge in [-0.1, -0.05) is 24.3 Å². The van der Waals surface area contributed by atoms with Crippen molar-refractivity contribution in [1.29, 1.82) is 0 Å². The molecule has 0 spiro atoms. The second kappa shape index (κ2) is 4.18. The van der Waals surface area contributed by atoms with E-state index in [9.17, 15) is 4.79 Å². The highest BCUT2D eigenvalue weighted by atomic mass is 16.2. The van der Waals surface area contributed by atoms with Gasteiger partial charge < -0.3 is 10.6 Å². The van der Waals surface area contributed by atoms with E-state index in [0.29, 0.717) is 12.1 Å². The molecule has 0 bridgehead atoms. The zero-order valence-electron chi connectivity index (χ0n) is 9.97. The number of hydrogen-bond donors (Lipinski definition) is 1. The topological polar surface area (TPSA) is 46.3 Å². The summed E-state index contributed by atoms with van der Waals surface area (Å²) in [5.41, 5.74) is 9.46. The molecule has 2 aromatic rings. The first-order valence-corrected chi connectivity index (χ1v) is 6.01. The Hall–Kier alpha value is -2.29. The fraction of sp³-hybridized carbons (Fsp3) is 0.133. The molecule has 0 radical (unpaired) electrons. The molecule has 0 fully saturated rings. The second-order valence-corrected chi connectivity index (χ2v) is 4.42. The Balaban J connectivity index is 1.98. The van der Waals surface area contributed by atoms with Gasteiger partial charge in [-0.15, -0.1) is 0 Å². The van der Waals surface area contributed by atoms with E-state index in [-0.39, 0.29) is 5.91 Å². The lowest BCUT2D eigenvalue weighted by Crippen LogP contribution is -2.28. The van der Waals surface area contributed by atoms with Crippen LogP contribution in [0.3, 0.4) is 0 Å². The standard InChI is InChI=1S/C15H14N2O/c16-13-7-4-8-14-12(13)9-10-17(14)15(18)11-5-2-1-3-6-11/h1-8H,9-10,16H2. The molecule has 1 aliphatic rings. The predicted octanol–water partition coefficient (Wildman–Crippen LogP) is 2.47. The zero-order valence-corrected chi connectivity index (χ0v) is 9.97. The third-order valence-corrected chi connectivity index (χ3v) is 3.33. The normalized spacial score (nSPS) is 13.4. The third-order valence-electron chi connectivity index (χ3n) is 3.33. The van der Waals surface area contributed by atoms with Crippen molar-refractivity contribution in [2.45, 2.75) is 6.42 Å². The summed E-state index contributed by atoms with van der Waals surface area (Å²) in [5.74, 6) is 0.0416. The molecule has 0 unspecified atom stereocenters. The minimum absolute atomic E-state index is 0.0416. The fourth-order valence-corrected chi connectivity index (χ4v) is 2.41. The molecule has 0 saturated carbocycles. The molecule has 3 nitrogen and oxygen atoms in total. The van der Waals surface area contributed by atoms with Gasteiger partial charge in [0.25, 0.3) is 5.91 Å². The molecular weight excluding hydrogens is 224 g/mol. The van der Waals surface area contributed by atoms with Gasteiger partial charge in [0.1, 0.15) is 0 Å². The summed E-state index contributed by atoms with van der Waals surface area (Å²) in [6.45, 7) is 0.706. The maximum atomic E-state index is 12.4. The highest BCUT2D eigenvalue weighted by Gasteiger charge is 2.26. The van der Waals surface area contributed by atoms with Gasteiger partial charge in [-0.3, -0.25) is 4.79 Å². The number of hydrogen-bond acceptors (Lipinski definition) is 2. The molecule has 2 aromatic carbocycles. The molecule has 1 amide bonds. The van der Waals surface area contributed by atoms with Crippen LogP contribution in [-0.4, -0.2) is 12.5 Å². The van der Waals surface area contributed by atoms with Crippen molar-refractivity contribution in [1.82, 2.24) is 0 Å². The average molecular weight is 238 g/mol. The Bertz CT molecular complexity index is 593. The van der Waals surface area contributed by atoms with Gasteiger partial charge in [-0.25, -0.2) is 0 Å². The van der Waals surface area contributed by atoms with Crippen LogP contribution in [0.25, 0.3) is 0 Å². The van der Waals surface area contributed by atoms with Gasteiger partial charge >= 0.3 is 0 Å². The van der Waals surface area contributed by atoms with E-state index in [0.717, 1.165) is 23.4 Å². The Morgan fingerprint density at radius 3 is 2.61 bits per heavy atom. The van der Waals surface area contributed by atoms with Crippen LogP contribution in [-0.2, 0) is 6.42 Å². The van der Waals surface area contributed by atoms with E-state index >= 15 is 0 Å². The van der Waals surface area contributed by atoms with Crippen LogP contribution in [0.1, 0.15) is 15.9 Å². The quantitative estimate of drug-likeness (QED) is 0.776. The lowest BCUT2D eigenvalue weighted by atomic mass is 10.1. The number of benzene rings is 2.